The summed E-state index contributed by atoms with van der Waals surface area (Å²) in [4.78, 5) is 22.8. The molecule has 1 aromatic heterocycles. The fourth-order valence-electron chi connectivity index (χ4n) is 2.02. The predicted molar refractivity (Wildman–Crippen MR) is 88.4 cm³/mol. The number of nitrogens with zero attached hydrogens (tertiary/aromatic N) is 2. The Hall–Kier alpha value is -2.89. The zero-order chi connectivity index (χ0) is 17.0. The van der Waals surface area contributed by atoms with Gasteiger partial charge in [-0.25, -0.2) is 4.79 Å². The molecular weight excluding hydrogens is 294 g/mol. The van der Waals surface area contributed by atoms with E-state index in [0.717, 1.165) is 17.3 Å². The van der Waals surface area contributed by atoms with Crippen LogP contribution < -0.4 is 5.32 Å². The summed E-state index contributed by atoms with van der Waals surface area (Å²) in [6.07, 6.45) is 2.56. The minimum atomic E-state index is -1.00. The molecule has 0 radical (unpaired) electrons. The van der Waals surface area contributed by atoms with Gasteiger partial charge in [0, 0.05) is 18.8 Å². The number of carbonyl (C=O) groups excluding carboxylic acids is 1. The van der Waals surface area contributed by atoms with Gasteiger partial charge in [-0.2, -0.15) is 5.10 Å². The molecule has 2 aromatic rings. The third kappa shape index (κ3) is 4.29. The van der Waals surface area contributed by atoms with Crippen molar-refractivity contribution >= 4 is 23.6 Å². The Morgan fingerprint density at radius 2 is 1.91 bits per heavy atom. The van der Waals surface area contributed by atoms with E-state index in [9.17, 15) is 9.59 Å². The van der Waals surface area contributed by atoms with Crippen LogP contribution in [0.1, 0.15) is 41.5 Å². The first-order valence-corrected chi connectivity index (χ1v) is 7.23. The number of aryl methyl sites for hydroxylation is 1. The highest BCUT2D eigenvalue weighted by atomic mass is 16.4. The van der Waals surface area contributed by atoms with E-state index in [2.05, 4.69) is 10.4 Å². The summed E-state index contributed by atoms with van der Waals surface area (Å²) in [5, 5.41) is 15.7. The van der Waals surface area contributed by atoms with E-state index in [1.54, 1.807) is 42.1 Å². The second-order valence-corrected chi connectivity index (χ2v) is 5.48. The van der Waals surface area contributed by atoms with Crippen molar-refractivity contribution in [3.8, 4) is 0 Å². The maximum atomic E-state index is 12.3. The van der Waals surface area contributed by atoms with Crippen LogP contribution in [0.4, 0.5) is 5.69 Å². The summed E-state index contributed by atoms with van der Waals surface area (Å²) in [5.41, 5.74) is 2.73. The van der Waals surface area contributed by atoms with Crippen LogP contribution in [0, 0.1) is 0 Å². The van der Waals surface area contributed by atoms with E-state index in [0.29, 0.717) is 11.4 Å². The minimum absolute atomic E-state index is 0.235. The van der Waals surface area contributed by atoms with Crippen molar-refractivity contribution in [1.82, 2.24) is 9.78 Å². The van der Waals surface area contributed by atoms with Crippen molar-refractivity contribution in [2.45, 2.75) is 19.8 Å². The summed E-state index contributed by atoms with van der Waals surface area (Å²) in [5.74, 6) is -0.983. The van der Waals surface area contributed by atoms with Gasteiger partial charge in [-0.3, -0.25) is 9.48 Å². The Labute approximate surface area is 134 Å². The predicted octanol–water partition coefficient (Wildman–Crippen LogP) is 2.89. The minimum Gasteiger partial charge on any atom is -0.478 e. The van der Waals surface area contributed by atoms with Gasteiger partial charge in [-0.1, -0.05) is 26.0 Å². The number of anilines is 1. The Bertz CT molecular complexity index is 743. The van der Waals surface area contributed by atoms with Crippen LogP contribution >= 0.6 is 0 Å². The van der Waals surface area contributed by atoms with Crippen molar-refractivity contribution in [2.24, 2.45) is 7.05 Å². The summed E-state index contributed by atoms with van der Waals surface area (Å²) in [7, 11) is 1.74. The van der Waals surface area contributed by atoms with E-state index in [1.807, 2.05) is 13.8 Å². The van der Waals surface area contributed by atoms with Crippen LogP contribution in [0.2, 0.25) is 0 Å². The SMILES string of the molecule is CC(C)c1cc(C(=O)Nc2ccc(/C=C/C(=O)O)cc2)n(C)n1. The molecule has 6 nitrogen and oxygen atoms in total. The van der Waals surface area contributed by atoms with Gasteiger partial charge in [0.1, 0.15) is 5.69 Å². The topological polar surface area (TPSA) is 84.2 Å². The maximum Gasteiger partial charge on any atom is 0.328 e. The molecule has 0 aliphatic rings. The molecule has 23 heavy (non-hydrogen) atoms. The van der Waals surface area contributed by atoms with Crippen molar-refractivity contribution in [3.63, 3.8) is 0 Å². The van der Waals surface area contributed by atoms with Crippen molar-refractivity contribution in [1.29, 1.82) is 0 Å². The first kappa shape index (κ1) is 16.5. The van der Waals surface area contributed by atoms with Gasteiger partial charge in [0.05, 0.1) is 5.69 Å². The van der Waals surface area contributed by atoms with Gasteiger partial charge in [-0.15, -0.1) is 0 Å². The number of amides is 1. The van der Waals surface area contributed by atoms with Crippen molar-refractivity contribution in [2.75, 3.05) is 5.32 Å². The molecule has 0 unspecified atom stereocenters. The van der Waals surface area contributed by atoms with Crippen LogP contribution in [0.25, 0.3) is 6.08 Å². The second kappa shape index (κ2) is 6.91. The molecule has 0 bridgehead atoms. The number of carboxylic acids is 1. The molecule has 0 fully saturated rings. The molecule has 0 saturated heterocycles. The lowest BCUT2D eigenvalue weighted by Gasteiger charge is -2.05. The lowest BCUT2D eigenvalue weighted by molar-refractivity contribution is -0.131. The standard InChI is InChI=1S/C17H19N3O3/c1-11(2)14-10-15(20(3)19-14)17(23)18-13-7-4-12(5-8-13)6-9-16(21)22/h4-11H,1-3H3,(H,18,23)(H,21,22)/b9-6+. The van der Waals surface area contributed by atoms with Gasteiger partial charge >= 0.3 is 5.97 Å². The Kier molecular flexibility index (Phi) is 4.95. The zero-order valence-corrected chi connectivity index (χ0v) is 13.3. The molecule has 0 aliphatic carbocycles. The zero-order valence-electron chi connectivity index (χ0n) is 13.3. The number of benzene rings is 1. The fourth-order valence-corrected chi connectivity index (χ4v) is 2.02. The van der Waals surface area contributed by atoms with Crippen LogP contribution in [0.15, 0.2) is 36.4 Å². The van der Waals surface area contributed by atoms with Crippen LogP contribution in [-0.4, -0.2) is 26.8 Å². The van der Waals surface area contributed by atoms with E-state index >= 15 is 0 Å². The summed E-state index contributed by atoms with van der Waals surface area (Å²) in [6.45, 7) is 4.04. The van der Waals surface area contributed by atoms with Gasteiger partial charge < -0.3 is 10.4 Å². The molecular formula is C17H19N3O3. The van der Waals surface area contributed by atoms with Crippen LogP contribution in [0.5, 0.6) is 0 Å². The summed E-state index contributed by atoms with van der Waals surface area (Å²) < 4.78 is 1.56. The number of carboxylic acid groups (broad SMARTS) is 1. The normalized spacial score (nSPS) is 11.1. The number of aliphatic carboxylic acids is 1. The van der Waals surface area contributed by atoms with Crippen LogP contribution in [0.3, 0.4) is 0 Å². The lowest BCUT2D eigenvalue weighted by atomic mass is 10.1. The molecule has 1 amide bonds. The summed E-state index contributed by atoms with van der Waals surface area (Å²) >= 11 is 0. The Morgan fingerprint density at radius 3 is 2.43 bits per heavy atom. The average Bonchev–Trinajstić information content (AvgIpc) is 2.89. The molecule has 0 aliphatic heterocycles. The van der Waals surface area contributed by atoms with E-state index < -0.39 is 5.97 Å². The monoisotopic (exact) mass is 313 g/mol. The molecule has 2 rings (SSSR count). The molecule has 0 saturated carbocycles. The van der Waals surface area contributed by atoms with E-state index in [1.165, 1.54) is 6.08 Å². The quantitative estimate of drug-likeness (QED) is 0.831. The highest BCUT2D eigenvalue weighted by molar-refractivity contribution is 6.03. The number of rotatable bonds is 5. The molecule has 120 valence electrons. The number of carbonyl (C=O) groups is 2. The van der Waals surface area contributed by atoms with Crippen molar-refractivity contribution in [3.05, 3.63) is 53.4 Å². The smallest absolute Gasteiger partial charge is 0.328 e. The second-order valence-electron chi connectivity index (χ2n) is 5.48. The van der Waals surface area contributed by atoms with Gasteiger partial charge in [-0.05, 0) is 35.8 Å². The molecule has 2 N–H and O–H groups in total. The van der Waals surface area contributed by atoms with Crippen molar-refractivity contribution < 1.29 is 14.7 Å². The van der Waals surface area contributed by atoms with E-state index in [-0.39, 0.29) is 11.8 Å². The highest BCUT2D eigenvalue weighted by Gasteiger charge is 2.15. The molecule has 0 atom stereocenters. The van der Waals surface area contributed by atoms with Gasteiger partial charge in [0.25, 0.3) is 5.91 Å². The molecule has 6 heteroatoms. The lowest BCUT2D eigenvalue weighted by Crippen LogP contribution is -2.15. The maximum absolute atomic E-state index is 12.3. The Balaban J connectivity index is 2.10. The molecule has 0 spiro atoms. The third-order valence-corrected chi connectivity index (χ3v) is 3.31. The first-order chi connectivity index (χ1) is 10.9. The molecule has 1 aromatic carbocycles. The summed E-state index contributed by atoms with van der Waals surface area (Å²) in [6, 6.07) is 8.69. The first-order valence-electron chi connectivity index (χ1n) is 7.23. The molecule has 1 heterocycles. The number of hydrogen-bond acceptors (Lipinski definition) is 3. The third-order valence-electron chi connectivity index (χ3n) is 3.31. The highest BCUT2D eigenvalue weighted by Crippen LogP contribution is 2.16. The Morgan fingerprint density at radius 1 is 1.26 bits per heavy atom. The van der Waals surface area contributed by atoms with E-state index in [4.69, 9.17) is 5.11 Å². The largest absolute Gasteiger partial charge is 0.478 e. The number of hydrogen-bond donors (Lipinski definition) is 2. The average molecular weight is 313 g/mol. The number of aromatic nitrogens is 2. The van der Waals surface area contributed by atoms with Gasteiger partial charge in [0.2, 0.25) is 0 Å². The van der Waals surface area contributed by atoms with Crippen LogP contribution in [-0.2, 0) is 11.8 Å². The van der Waals surface area contributed by atoms with Gasteiger partial charge in [0.15, 0.2) is 0 Å². The fraction of sp³-hybridized carbons (Fsp3) is 0.235. The number of nitrogens with one attached hydrogen (secondary N) is 1.